The quantitative estimate of drug-likeness (QED) is 0.0414. The van der Waals surface area contributed by atoms with Gasteiger partial charge in [-0.1, -0.05) is 84.9 Å². The molecule has 1 unspecified atom stereocenters. The highest BCUT2D eigenvalue weighted by molar-refractivity contribution is 7.44. The SMILES string of the molecule is COc1ccc(C(OC[C@H]2O[C@@H](n3cnc4c(NC(C)=O)ncnc43)[C@H](OCc3ccccc3)[C@@H]2OP(OCCC#N)N(C(C)C)C(C)C)(c2ccccc2)c2ccc(OC)cc2)cc1. The zero-order valence-corrected chi connectivity index (χ0v) is 38.6. The number of methoxy groups -OCH3 is 2. The van der Waals surface area contributed by atoms with Crippen LogP contribution in [0.3, 0.4) is 0 Å². The van der Waals surface area contributed by atoms with Crippen LogP contribution in [0.25, 0.3) is 11.2 Å². The van der Waals surface area contributed by atoms with Crippen LogP contribution in [0, 0.1) is 11.3 Å². The van der Waals surface area contributed by atoms with Crippen molar-refractivity contribution >= 4 is 31.4 Å². The van der Waals surface area contributed by atoms with Crippen LogP contribution in [0.2, 0.25) is 0 Å². The minimum absolute atomic E-state index is 0.0111. The summed E-state index contributed by atoms with van der Waals surface area (Å²) in [7, 11) is 1.46. The molecular formula is C49H56N7O8P. The number of amides is 1. The van der Waals surface area contributed by atoms with E-state index in [1.165, 1.54) is 13.3 Å². The number of nitrogens with one attached hydrogen (secondary N) is 1. The molecule has 6 aromatic rings. The smallest absolute Gasteiger partial charge is 0.259 e. The molecule has 65 heavy (non-hydrogen) atoms. The van der Waals surface area contributed by atoms with Crippen molar-refractivity contribution in [2.45, 2.75) is 89.9 Å². The van der Waals surface area contributed by atoms with Gasteiger partial charge in [0.05, 0.1) is 52.9 Å². The van der Waals surface area contributed by atoms with Crippen molar-refractivity contribution in [1.82, 2.24) is 24.2 Å². The molecule has 2 aromatic heterocycles. The fourth-order valence-electron chi connectivity index (χ4n) is 8.11. The number of carbonyl (C=O) groups is 1. The maximum atomic E-state index is 12.2. The number of fused-ring (bicyclic) bond motifs is 1. The Morgan fingerprint density at radius 1 is 0.846 bits per heavy atom. The van der Waals surface area contributed by atoms with Gasteiger partial charge in [-0.3, -0.25) is 9.36 Å². The van der Waals surface area contributed by atoms with Crippen molar-refractivity contribution in [2.75, 3.05) is 32.8 Å². The zero-order chi connectivity index (χ0) is 45.9. The molecule has 5 atom stereocenters. The molecule has 7 rings (SSSR count). The maximum absolute atomic E-state index is 12.2. The number of ether oxygens (including phenoxy) is 5. The lowest BCUT2D eigenvalue weighted by Crippen LogP contribution is -2.43. The Morgan fingerprint density at radius 3 is 2.02 bits per heavy atom. The average Bonchev–Trinajstić information content (AvgIpc) is 3.90. The second-order valence-corrected chi connectivity index (χ2v) is 17.4. The summed E-state index contributed by atoms with van der Waals surface area (Å²) in [6.07, 6.45) is -0.155. The molecule has 0 spiro atoms. The van der Waals surface area contributed by atoms with E-state index < -0.39 is 38.7 Å². The van der Waals surface area contributed by atoms with E-state index >= 15 is 0 Å². The summed E-state index contributed by atoms with van der Waals surface area (Å²) in [6, 6.07) is 37.8. The van der Waals surface area contributed by atoms with E-state index in [1.54, 1.807) is 25.1 Å². The minimum atomic E-state index is -1.81. The van der Waals surface area contributed by atoms with Crippen molar-refractivity contribution in [2.24, 2.45) is 0 Å². The van der Waals surface area contributed by atoms with Gasteiger partial charge in [0.2, 0.25) is 5.91 Å². The van der Waals surface area contributed by atoms with Gasteiger partial charge >= 0.3 is 0 Å². The minimum Gasteiger partial charge on any atom is -0.497 e. The van der Waals surface area contributed by atoms with Crippen LogP contribution in [0.4, 0.5) is 5.82 Å². The highest BCUT2D eigenvalue weighted by Crippen LogP contribution is 2.52. The molecule has 1 fully saturated rings. The van der Waals surface area contributed by atoms with Crippen LogP contribution >= 0.6 is 8.53 Å². The van der Waals surface area contributed by atoms with E-state index in [2.05, 4.69) is 58.7 Å². The van der Waals surface area contributed by atoms with Gasteiger partial charge in [0, 0.05) is 19.0 Å². The van der Waals surface area contributed by atoms with Gasteiger partial charge < -0.3 is 38.0 Å². The first-order valence-corrected chi connectivity index (χ1v) is 22.7. The molecule has 1 aliphatic heterocycles. The lowest BCUT2D eigenvalue weighted by atomic mass is 9.80. The summed E-state index contributed by atoms with van der Waals surface area (Å²) in [5.74, 6) is 1.36. The second-order valence-electron chi connectivity index (χ2n) is 16.0. The van der Waals surface area contributed by atoms with E-state index in [0.29, 0.717) is 22.7 Å². The number of nitrogens with zero attached hydrogens (tertiary/aromatic N) is 6. The fourth-order valence-corrected chi connectivity index (χ4v) is 9.88. The lowest BCUT2D eigenvalue weighted by Gasteiger charge is -2.39. The van der Waals surface area contributed by atoms with E-state index in [4.69, 9.17) is 32.7 Å². The highest BCUT2D eigenvalue weighted by atomic mass is 31.2. The normalized spacial score (nSPS) is 18.0. The number of nitriles is 1. The number of carbonyl (C=O) groups excluding carboxylic acids is 1. The predicted octanol–water partition coefficient (Wildman–Crippen LogP) is 8.95. The first-order valence-electron chi connectivity index (χ1n) is 21.6. The Bertz CT molecular complexity index is 2430. The molecule has 1 N–H and O–H groups in total. The van der Waals surface area contributed by atoms with Crippen molar-refractivity contribution in [3.05, 3.63) is 144 Å². The molecule has 0 bridgehead atoms. The number of hydrogen-bond acceptors (Lipinski definition) is 13. The first kappa shape index (κ1) is 47.2. The monoisotopic (exact) mass is 901 g/mol. The van der Waals surface area contributed by atoms with Gasteiger partial charge in [0.25, 0.3) is 8.53 Å². The average molecular weight is 902 g/mol. The van der Waals surface area contributed by atoms with Crippen LogP contribution in [0.15, 0.2) is 122 Å². The second kappa shape index (κ2) is 21.9. The Hall–Kier alpha value is -5.82. The van der Waals surface area contributed by atoms with E-state index in [0.717, 1.165) is 22.3 Å². The van der Waals surface area contributed by atoms with Crippen LogP contribution in [-0.2, 0) is 40.3 Å². The van der Waals surface area contributed by atoms with Crippen molar-refractivity contribution < 1.29 is 37.5 Å². The molecule has 4 aromatic carbocycles. The summed E-state index contributed by atoms with van der Waals surface area (Å²) in [5, 5.41) is 12.3. The Kier molecular flexibility index (Phi) is 15.9. The number of aromatic nitrogens is 4. The Labute approximate surface area is 381 Å². The summed E-state index contributed by atoms with van der Waals surface area (Å²) >= 11 is 0. The van der Waals surface area contributed by atoms with E-state index in [-0.39, 0.29) is 50.1 Å². The number of imidazole rings is 1. The molecule has 0 saturated carbocycles. The molecular weight excluding hydrogens is 846 g/mol. The topological polar surface area (TPSA) is 164 Å². The first-order chi connectivity index (χ1) is 31.6. The maximum Gasteiger partial charge on any atom is 0.259 e. The molecule has 15 nitrogen and oxygen atoms in total. The number of rotatable bonds is 21. The zero-order valence-electron chi connectivity index (χ0n) is 37.7. The number of anilines is 1. The van der Waals surface area contributed by atoms with Crippen LogP contribution < -0.4 is 14.8 Å². The lowest BCUT2D eigenvalue weighted by molar-refractivity contribution is -0.114. The molecule has 3 heterocycles. The summed E-state index contributed by atoms with van der Waals surface area (Å²) < 4.78 is 50.6. The summed E-state index contributed by atoms with van der Waals surface area (Å²) in [5.41, 5.74) is 3.09. The molecule has 1 saturated heterocycles. The van der Waals surface area contributed by atoms with E-state index in [1.807, 2.05) is 109 Å². The van der Waals surface area contributed by atoms with E-state index in [9.17, 15) is 10.1 Å². The Balaban J connectivity index is 1.39. The highest BCUT2D eigenvalue weighted by Gasteiger charge is 2.52. The molecule has 340 valence electrons. The predicted molar refractivity (Wildman–Crippen MR) is 247 cm³/mol. The number of benzene rings is 4. The van der Waals surface area contributed by atoms with Crippen LogP contribution in [0.5, 0.6) is 11.5 Å². The van der Waals surface area contributed by atoms with Gasteiger partial charge in [0.15, 0.2) is 23.2 Å². The largest absolute Gasteiger partial charge is 0.497 e. The molecule has 1 amide bonds. The van der Waals surface area contributed by atoms with Gasteiger partial charge in [-0.05, 0) is 74.2 Å². The Morgan fingerprint density at radius 2 is 1.45 bits per heavy atom. The van der Waals surface area contributed by atoms with Crippen molar-refractivity contribution in [1.29, 1.82) is 5.26 Å². The third-order valence-corrected chi connectivity index (χ3v) is 13.1. The number of hydrogen-bond donors (Lipinski definition) is 1. The standard InChI is InChI=1S/C49H56N7O8P/c1-33(2)56(34(3)4)65(62-28-14-27-50)64-44-42(30-61-49(37-17-12-9-13-18-37,38-19-23-40(58-6)24-20-38)39-21-25-41(59-7)26-22-39)63-48(45(44)60-29-36-15-10-8-11-16-36)55-32-53-43-46(54-35(5)57)51-31-52-47(43)55/h8-13,15-26,31-34,42,44-45,48H,14,28-30H2,1-7H3,(H,51,52,54,57)/t42-,44-,45-,48-,65?/m1/s1. The van der Waals surface area contributed by atoms with Crippen molar-refractivity contribution in [3.63, 3.8) is 0 Å². The summed E-state index contributed by atoms with van der Waals surface area (Å²) in [6.45, 7) is 10.1. The van der Waals surface area contributed by atoms with Gasteiger partial charge in [0.1, 0.15) is 41.7 Å². The van der Waals surface area contributed by atoms with Gasteiger partial charge in [-0.15, -0.1) is 0 Å². The molecule has 1 aliphatic rings. The van der Waals surface area contributed by atoms with Crippen LogP contribution in [0.1, 0.15) is 69.5 Å². The van der Waals surface area contributed by atoms with Gasteiger partial charge in [-0.2, -0.15) is 5.26 Å². The molecule has 16 heteroatoms. The third-order valence-electron chi connectivity index (χ3n) is 11.0. The van der Waals surface area contributed by atoms with Crippen molar-refractivity contribution in [3.8, 4) is 17.6 Å². The van der Waals surface area contributed by atoms with Crippen LogP contribution in [-0.4, -0.2) is 87.9 Å². The van der Waals surface area contributed by atoms with Gasteiger partial charge in [-0.25, -0.2) is 19.6 Å². The summed E-state index contributed by atoms with van der Waals surface area (Å²) in [4.78, 5) is 25.8. The molecule has 0 aliphatic carbocycles. The third kappa shape index (κ3) is 10.7. The molecule has 0 radical (unpaired) electrons. The fraction of sp³-hybridized carbons (Fsp3) is 0.367.